The molecule has 0 unspecified atom stereocenters. The number of para-hydroxylation sites is 1. The lowest BCUT2D eigenvalue weighted by Gasteiger charge is -2.22. The summed E-state index contributed by atoms with van der Waals surface area (Å²) in [6, 6.07) is 16.2. The highest BCUT2D eigenvalue weighted by molar-refractivity contribution is 6.13. The molecule has 1 amide bonds. The Bertz CT molecular complexity index is 903. The molecule has 3 aromatic rings. The number of benzene rings is 2. The van der Waals surface area contributed by atoms with E-state index in [1.807, 2.05) is 54.2 Å². The van der Waals surface area contributed by atoms with E-state index < -0.39 is 0 Å². The first-order valence-corrected chi connectivity index (χ1v) is 9.43. The van der Waals surface area contributed by atoms with Gasteiger partial charge in [-0.15, -0.1) is 0 Å². The van der Waals surface area contributed by atoms with E-state index in [9.17, 15) is 4.79 Å². The van der Waals surface area contributed by atoms with E-state index in [1.165, 1.54) is 31.4 Å². The van der Waals surface area contributed by atoms with Crippen LogP contribution in [0.25, 0.3) is 10.9 Å². The molecule has 2 aromatic carbocycles. The summed E-state index contributed by atoms with van der Waals surface area (Å²) in [6.45, 7) is 2.25. The summed E-state index contributed by atoms with van der Waals surface area (Å²) >= 11 is 0. The van der Waals surface area contributed by atoms with Gasteiger partial charge in [0, 0.05) is 48.6 Å². The van der Waals surface area contributed by atoms with Crippen LogP contribution in [0.4, 0.5) is 11.4 Å². The summed E-state index contributed by atoms with van der Waals surface area (Å²) in [6.07, 6.45) is 7.08. The van der Waals surface area contributed by atoms with Crippen LogP contribution in [0.2, 0.25) is 0 Å². The number of carbonyl (C=O) groups excluding carboxylic acids is 1. The molecule has 0 saturated carbocycles. The van der Waals surface area contributed by atoms with Crippen LogP contribution in [0.1, 0.15) is 36.0 Å². The molecule has 2 heterocycles. The fourth-order valence-electron chi connectivity index (χ4n) is 3.81. The average molecular weight is 347 g/mol. The van der Waals surface area contributed by atoms with Gasteiger partial charge in [0.15, 0.2) is 0 Å². The van der Waals surface area contributed by atoms with Gasteiger partial charge in [-0.05, 0) is 43.2 Å². The molecule has 4 nitrogen and oxygen atoms in total. The summed E-state index contributed by atoms with van der Waals surface area (Å²) in [5.41, 5.74) is 3.85. The van der Waals surface area contributed by atoms with Crippen LogP contribution >= 0.6 is 0 Å². The Morgan fingerprint density at radius 2 is 1.62 bits per heavy atom. The third-order valence-electron chi connectivity index (χ3n) is 5.24. The van der Waals surface area contributed by atoms with Gasteiger partial charge in [-0.3, -0.25) is 4.79 Å². The zero-order valence-electron chi connectivity index (χ0n) is 15.2. The van der Waals surface area contributed by atoms with E-state index in [0.717, 1.165) is 29.7 Å². The lowest BCUT2D eigenvalue weighted by atomic mass is 10.1. The predicted octanol–water partition coefficient (Wildman–Crippen LogP) is 4.81. The molecule has 4 heteroatoms. The number of amides is 1. The van der Waals surface area contributed by atoms with Gasteiger partial charge in [0.25, 0.3) is 5.91 Å². The van der Waals surface area contributed by atoms with E-state index in [2.05, 4.69) is 22.3 Å². The summed E-state index contributed by atoms with van der Waals surface area (Å²) in [7, 11) is 1.97. The summed E-state index contributed by atoms with van der Waals surface area (Å²) in [4.78, 5) is 15.2. The van der Waals surface area contributed by atoms with Crippen molar-refractivity contribution in [3.63, 3.8) is 0 Å². The van der Waals surface area contributed by atoms with Crippen LogP contribution in [0.5, 0.6) is 0 Å². The van der Waals surface area contributed by atoms with Crippen molar-refractivity contribution in [3.05, 3.63) is 60.3 Å². The van der Waals surface area contributed by atoms with Crippen molar-refractivity contribution in [1.29, 1.82) is 0 Å². The minimum atomic E-state index is -0.0654. The SMILES string of the molecule is Cn1cc(C(=O)Nc2ccc(N3CCCCCC3)cc2)c2ccccc21. The third kappa shape index (κ3) is 3.32. The maximum absolute atomic E-state index is 12.7. The van der Waals surface area contributed by atoms with E-state index in [0.29, 0.717) is 5.56 Å². The molecule has 1 aliphatic heterocycles. The molecule has 26 heavy (non-hydrogen) atoms. The van der Waals surface area contributed by atoms with Gasteiger partial charge in [-0.25, -0.2) is 0 Å². The van der Waals surface area contributed by atoms with Crippen LogP contribution in [0.15, 0.2) is 54.7 Å². The number of carbonyl (C=O) groups is 1. The Morgan fingerprint density at radius 3 is 2.35 bits per heavy atom. The Hall–Kier alpha value is -2.75. The molecule has 1 N–H and O–H groups in total. The smallest absolute Gasteiger partial charge is 0.257 e. The Kier molecular flexibility index (Phi) is 4.65. The van der Waals surface area contributed by atoms with Gasteiger partial charge in [0.05, 0.1) is 5.56 Å². The molecule has 0 aliphatic carbocycles. The van der Waals surface area contributed by atoms with Crippen molar-refractivity contribution >= 4 is 28.2 Å². The zero-order chi connectivity index (χ0) is 17.9. The molecule has 0 radical (unpaired) electrons. The van der Waals surface area contributed by atoms with E-state index in [-0.39, 0.29) is 5.91 Å². The first-order chi connectivity index (χ1) is 12.7. The highest BCUT2D eigenvalue weighted by Gasteiger charge is 2.14. The lowest BCUT2D eigenvalue weighted by Crippen LogP contribution is -2.23. The average Bonchev–Trinajstić information content (AvgIpc) is 2.84. The predicted molar refractivity (Wildman–Crippen MR) is 108 cm³/mol. The lowest BCUT2D eigenvalue weighted by molar-refractivity contribution is 0.102. The topological polar surface area (TPSA) is 37.3 Å². The van der Waals surface area contributed by atoms with Gasteiger partial charge < -0.3 is 14.8 Å². The van der Waals surface area contributed by atoms with E-state index >= 15 is 0 Å². The number of nitrogens with one attached hydrogen (secondary N) is 1. The van der Waals surface area contributed by atoms with Crippen LogP contribution in [0.3, 0.4) is 0 Å². The molecule has 0 spiro atoms. The Labute approximate surface area is 154 Å². The minimum Gasteiger partial charge on any atom is -0.372 e. The standard InChI is InChI=1S/C22H25N3O/c1-24-16-20(19-8-4-5-9-21(19)24)22(26)23-17-10-12-18(13-11-17)25-14-6-2-3-7-15-25/h4-5,8-13,16H,2-3,6-7,14-15H2,1H3,(H,23,26). The molecular formula is C22H25N3O. The third-order valence-corrected chi connectivity index (χ3v) is 5.24. The second-order valence-corrected chi connectivity index (χ2v) is 7.07. The normalized spacial score (nSPS) is 15.0. The fraction of sp³-hybridized carbons (Fsp3) is 0.318. The number of hydrogen-bond donors (Lipinski definition) is 1. The summed E-state index contributed by atoms with van der Waals surface area (Å²) < 4.78 is 1.99. The monoisotopic (exact) mass is 347 g/mol. The molecule has 0 atom stereocenters. The van der Waals surface area contributed by atoms with Gasteiger partial charge in [0.1, 0.15) is 0 Å². The van der Waals surface area contributed by atoms with Crippen LogP contribution in [-0.4, -0.2) is 23.6 Å². The van der Waals surface area contributed by atoms with Gasteiger partial charge in [-0.1, -0.05) is 31.0 Å². The van der Waals surface area contributed by atoms with Crippen molar-refractivity contribution in [2.45, 2.75) is 25.7 Å². The largest absolute Gasteiger partial charge is 0.372 e. The number of aryl methyl sites for hydroxylation is 1. The molecule has 1 aromatic heterocycles. The maximum atomic E-state index is 12.7. The number of fused-ring (bicyclic) bond motifs is 1. The van der Waals surface area contributed by atoms with Gasteiger partial charge >= 0.3 is 0 Å². The Morgan fingerprint density at radius 1 is 0.923 bits per heavy atom. The summed E-state index contributed by atoms with van der Waals surface area (Å²) in [5, 5.41) is 4.02. The second-order valence-electron chi connectivity index (χ2n) is 7.07. The van der Waals surface area contributed by atoms with Crippen molar-refractivity contribution in [1.82, 2.24) is 4.57 Å². The van der Waals surface area contributed by atoms with Crippen molar-refractivity contribution in [2.75, 3.05) is 23.3 Å². The molecule has 134 valence electrons. The zero-order valence-corrected chi connectivity index (χ0v) is 15.2. The highest BCUT2D eigenvalue weighted by atomic mass is 16.1. The molecular weight excluding hydrogens is 322 g/mol. The number of rotatable bonds is 3. The number of aromatic nitrogens is 1. The summed E-state index contributed by atoms with van der Waals surface area (Å²) in [5.74, 6) is -0.0654. The van der Waals surface area contributed by atoms with E-state index in [4.69, 9.17) is 0 Å². The molecule has 1 aliphatic rings. The van der Waals surface area contributed by atoms with Gasteiger partial charge in [0.2, 0.25) is 0 Å². The fourth-order valence-corrected chi connectivity index (χ4v) is 3.81. The molecule has 4 rings (SSSR count). The molecule has 1 fully saturated rings. The van der Waals surface area contributed by atoms with Crippen molar-refractivity contribution < 1.29 is 4.79 Å². The van der Waals surface area contributed by atoms with Crippen LogP contribution in [0, 0.1) is 0 Å². The number of nitrogens with zero attached hydrogens (tertiary/aromatic N) is 2. The molecule has 1 saturated heterocycles. The van der Waals surface area contributed by atoms with Crippen molar-refractivity contribution in [3.8, 4) is 0 Å². The van der Waals surface area contributed by atoms with Crippen LogP contribution in [-0.2, 0) is 7.05 Å². The minimum absolute atomic E-state index is 0.0654. The second kappa shape index (κ2) is 7.24. The Balaban J connectivity index is 1.50. The number of anilines is 2. The quantitative estimate of drug-likeness (QED) is 0.738. The first-order valence-electron chi connectivity index (χ1n) is 9.43. The van der Waals surface area contributed by atoms with Gasteiger partial charge in [-0.2, -0.15) is 0 Å². The molecule has 0 bridgehead atoms. The van der Waals surface area contributed by atoms with E-state index in [1.54, 1.807) is 0 Å². The maximum Gasteiger partial charge on any atom is 0.257 e. The first kappa shape index (κ1) is 16.7. The van der Waals surface area contributed by atoms with Crippen LogP contribution < -0.4 is 10.2 Å². The highest BCUT2D eigenvalue weighted by Crippen LogP contribution is 2.24. The van der Waals surface area contributed by atoms with Crippen molar-refractivity contribution in [2.24, 2.45) is 7.05 Å². The number of hydrogen-bond acceptors (Lipinski definition) is 2.